The fraction of sp³-hybridized carbons (Fsp3) is 0.302. The van der Waals surface area contributed by atoms with Crippen molar-refractivity contribution in [1.82, 2.24) is 0 Å². The molecule has 0 saturated heterocycles. The van der Waals surface area contributed by atoms with Crippen LogP contribution in [0.25, 0.3) is 32.7 Å². The highest BCUT2D eigenvalue weighted by Gasteiger charge is 2.46. The first-order valence-electron chi connectivity index (χ1n) is 21.3. The number of hydrogen-bond donors (Lipinski definition) is 0. The predicted octanol–water partition coefficient (Wildman–Crippen LogP) is 14.3. The number of unbranched alkanes of at least 4 members (excludes halogenated alkanes) is 3. The number of anilines is 3. The Morgan fingerprint density at radius 2 is 1.20 bits per heavy atom. The van der Waals surface area contributed by atoms with Crippen molar-refractivity contribution in [3.63, 3.8) is 0 Å². The summed E-state index contributed by atoms with van der Waals surface area (Å²) in [5.41, 5.74) is 16.0. The normalized spacial score (nSPS) is 18.8. The maximum absolute atomic E-state index is 13.2. The van der Waals surface area contributed by atoms with Gasteiger partial charge in [0.05, 0.1) is 9.75 Å². The van der Waals surface area contributed by atoms with Crippen molar-refractivity contribution in [3.05, 3.63) is 148 Å². The minimum Gasteiger partial charge on any atom is -0.485 e. The maximum Gasteiger partial charge on any atom is 0.180 e. The van der Waals surface area contributed by atoms with Crippen molar-refractivity contribution in [2.45, 2.75) is 82.3 Å². The lowest BCUT2D eigenvalue weighted by atomic mass is 9.82. The largest absolute Gasteiger partial charge is 0.485 e. The van der Waals surface area contributed by atoms with Crippen LogP contribution in [0, 0.1) is 0 Å². The van der Waals surface area contributed by atoms with Crippen LogP contribution in [0.1, 0.15) is 93.9 Å². The van der Waals surface area contributed by atoms with Gasteiger partial charge in [-0.15, -0.1) is 23.1 Å². The monoisotopic (exact) mass is 813 g/mol. The highest BCUT2D eigenvalue weighted by molar-refractivity contribution is 8.01. The van der Waals surface area contributed by atoms with Gasteiger partial charge in [-0.05, 0) is 105 Å². The van der Waals surface area contributed by atoms with Crippen LogP contribution in [0.5, 0.6) is 11.5 Å². The molecule has 1 aromatic heterocycles. The molecule has 4 nitrogen and oxygen atoms in total. The zero-order chi connectivity index (χ0) is 40.5. The summed E-state index contributed by atoms with van der Waals surface area (Å²) >= 11 is 3.38. The Hall–Kier alpha value is -5.04. The summed E-state index contributed by atoms with van der Waals surface area (Å²) < 4.78 is 12.1. The van der Waals surface area contributed by atoms with Crippen molar-refractivity contribution >= 4 is 46.4 Å². The third-order valence-electron chi connectivity index (χ3n) is 13.4. The zero-order valence-corrected chi connectivity index (χ0v) is 36.3. The van der Waals surface area contributed by atoms with Gasteiger partial charge in [-0.2, -0.15) is 0 Å². The molecule has 5 aromatic carbocycles. The van der Waals surface area contributed by atoms with Gasteiger partial charge in [-0.3, -0.25) is 0 Å². The molecule has 6 heteroatoms. The van der Waals surface area contributed by atoms with Crippen molar-refractivity contribution < 1.29 is 14.3 Å². The summed E-state index contributed by atoms with van der Waals surface area (Å²) in [6, 6.07) is 40.6. The number of carbonyl (C=O) groups excluding carboxylic acids is 1. The molecule has 1 unspecified atom stereocenters. The molecule has 0 radical (unpaired) electrons. The first kappa shape index (κ1) is 38.2. The molecule has 3 heterocycles. The van der Waals surface area contributed by atoms with E-state index < -0.39 is 4.75 Å². The molecule has 0 fully saturated rings. The molecule has 0 amide bonds. The fourth-order valence-electron chi connectivity index (χ4n) is 10.2. The molecule has 59 heavy (non-hydrogen) atoms. The molecule has 4 aliphatic rings. The lowest BCUT2D eigenvalue weighted by Gasteiger charge is -2.30. The van der Waals surface area contributed by atoms with Gasteiger partial charge in [0.2, 0.25) is 0 Å². The second-order valence-electron chi connectivity index (χ2n) is 17.5. The van der Waals surface area contributed by atoms with E-state index in [4.69, 9.17) is 9.47 Å². The summed E-state index contributed by atoms with van der Waals surface area (Å²) in [6.07, 6.45) is 9.05. The average molecular weight is 814 g/mol. The molecule has 2 aliphatic heterocycles. The summed E-state index contributed by atoms with van der Waals surface area (Å²) in [4.78, 5) is 17.6. The van der Waals surface area contributed by atoms with Crippen LogP contribution in [-0.4, -0.2) is 25.3 Å². The summed E-state index contributed by atoms with van der Waals surface area (Å²) in [6.45, 7) is 12.6. The smallest absolute Gasteiger partial charge is 0.180 e. The number of thioether (sulfide) groups is 1. The van der Waals surface area contributed by atoms with E-state index in [2.05, 4.69) is 155 Å². The average Bonchev–Trinajstić information content (AvgIpc) is 3.98. The van der Waals surface area contributed by atoms with E-state index >= 15 is 0 Å². The molecule has 0 bridgehead atoms. The zero-order valence-electron chi connectivity index (χ0n) is 34.7. The Bertz CT molecular complexity index is 2540. The molecule has 298 valence electrons. The number of benzene rings is 5. The van der Waals surface area contributed by atoms with E-state index in [1.165, 1.54) is 69.3 Å². The third-order valence-corrected chi connectivity index (χ3v) is 16.2. The van der Waals surface area contributed by atoms with E-state index in [0.29, 0.717) is 13.2 Å². The summed E-state index contributed by atoms with van der Waals surface area (Å²) in [7, 11) is 0. The van der Waals surface area contributed by atoms with Gasteiger partial charge in [0.1, 0.15) is 24.2 Å². The van der Waals surface area contributed by atoms with E-state index in [0.717, 1.165) is 68.8 Å². The van der Waals surface area contributed by atoms with Gasteiger partial charge in [0, 0.05) is 33.6 Å². The van der Waals surface area contributed by atoms with Crippen LogP contribution < -0.4 is 14.4 Å². The molecule has 6 aromatic rings. The molecular formula is C53H51NO3S2. The fourth-order valence-corrected chi connectivity index (χ4v) is 13.0. The Morgan fingerprint density at radius 3 is 1.80 bits per heavy atom. The number of hydrogen-bond acceptors (Lipinski definition) is 6. The minimum atomic E-state index is -0.737. The van der Waals surface area contributed by atoms with Crippen LogP contribution in [0.3, 0.4) is 0 Å². The summed E-state index contributed by atoms with van der Waals surface area (Å²) in [5, 5.41) is 0. The molecule has 10 rings (SSSR count). The van der Waals surface area contributed by atoms with Crippen LogP contribution >= 0.6 is 23.1 Å². The van der Waals surface area contributed by atoms with Crippen molar-refractivity contribution in [2.24, 2.45) is 0 Å². The molecule has 2 aliphatic carbocycles. The third kappa shape index (κ3) is 5.96. The predicted molar refractivity (Wildman–Crippen MR) is 248 cm³/mol. The van der Waals surface area contributed by atoms with Gasteiger partial charge in [-0.25, -0.2) is 0 Å². The number of carbonyl (C=O) groups is 1. The first-order valence-corrected chi connectivity index (χ1v) is 23.1. The van der Waals surface area contributed by atoms with Gasteiger partial charge in [0.15, 0.2) is 11.5 Å². The Kier molecular flexibility index (Phi) is 9.45. The molecule has 0 N–H and O–H groups in total. The summed E-state index contributed by atoms with van der Waals surface area (Å²) in [5.74, 6) is 2.33. The topological polar surface area (TPSA) is 38.8 Å². The number of rotatable bonds is 11. The van der Waals surface area contributed by atoms with Crippen molar-refractivity contribution in [1.29, 1.82) is 0 Å². The van der Waals surface area contributed by atoms with Crippen LogP contribution in [0.2, 0.25) is 0 Å². The Balaban J connectivity index is 1.07. The number of ether oxygens (including phenoxy) is 2. The number of nitrogens with zero attached hydrogens (tertiary/aromatic N) is 1. The van der Waals surface area contributed by atoms with Crippen LogP contribution in [0.15, 0.2) is 121 Å². The van der Waals surface area contributed by atoms with E-state index in [-0.39, 0.29) is 10.8 Å². The molecule has 0 spiro atoms. The maximum atomic E-state index is 13.2. The van der Waals surface area contributed by atoms with Crippen molar-refractivity contribution in [2.75, 3.05) is 23.9 Å². The quantitative estimate of drug-likeness (QED) is 0.0740. The van der Waals surface area contributed by atoms with E-state index in [9.17, 15) is 4.79 Å². The molecule has 1 atom stereocenters. The standard InChI is InChI=1S/C53H51NO3S2/c1-6-7-8-9-14-35-27-30-58-53(35,33-55)50-48-47(56-28-29-57-48)49(59-50)34-19-21-36(22-20-34)54(37-23-25-41-39-15-10-12-17-43(39)51(2,3)45(41)31-37)38-24-26-42-40-16-11-13-18-44(40)52(4,5)46(42)32-38/h10-13,15-27,31-33H,6-9,14,28-30H2,1-5H3. The van der Waals surface area contributed by atoms with Crippen LogP contribution in [0.4, 0.5) is 17.1 Å². The number of fused-ring (bicyclic) bond motifs is 7. The first-order chi connectivity index (χ1) is 28.7. The lowest BCUT2D eigenvalue weighted by Crippen LogP contribution is -2.25. The Labute approximate surface area is 357 Å². The van der Waals surface area contributed by atoms with Gasteiger partial charge in [-0.1, -0.05) is 133 Å². The second-order valence-corrected chi connectivity index (χ2v) is 19.8. The minimum absolute atomic E-state index is 0.127. The van der Waals surface area contributed by atoms with Crippen molar-refractivity contribution in [3.8, 4) is 44.2 Å². The second kappa shape index (κ2) is 14.6. The number of thiophene rings is 1. The molecular weight excluding hydrogens is 763 g/mol. The molecule has 0 saturated carbocycles. The number of aldehydes is 1. The highest BCUT2D eigenvalue weighted by Crippen LogP contribution is 2.60. The van der Waals surface area contributed by atoms with Gasteiger partial charge in [0.25, 0.3) is 0 Å². The van der Waals surface area contributed by atoms with E-state index in [1.54, 1.807) is 23.1 Å². The van der Waals surface area contributed by atoms with Gasteiger partial charge < -0.3 is 19.2 Å². The lowest BCUT2D eigenvalue weighted by molar-refractivity contribution is -0.109. The van der Waals surface area contributed by atoms with Crippen LogP contribution in [-0.2, 0) is 20.4 Å². The SMILES string of the molecule is CCCCCCC1=CCSC1(C=O)c1sc(-c2ccc(N(c3ccc4c(c3)C(C)(C)c3ccccc3-4)c3ccc4c(c3)C(C)(C)c3ccccc3-4)cc2)c2c1OCCO2. The Morgan fingerprint density at radius 1 is 0.644 bits per heavy atom. The highest BCUT2D eigenvalue weighted by atomic mass is 32.2. The van der Waals surface area contributed by atoms with E-state index in [1.807, 2.05) is 0 Å². The van der Waals surface area contributed by atoms with Gasteiger partial charge >= 0.3 is 0 Å².